The summed E-state index contributed by atoms with van der Waals surface area (Å²) in [4.78, 5) is 25.5. The Kier molecular flexibility index (Phi) is 4.32. The van der Waals surface area contributed by atoms with Gasteiger partial charge < -0.3 is 10.3 Å². The highest BCUT2D eigenvalue weighted by Gasteiger charge is 2.27. The Morgan fingerprint density at radius 1 is 0.781 bits per heavy atom. The average Bonchev–Trinajstić information content (AvgIpc) is 3.25. The van der Waals surface area contributed by atoms with Crippen molar-refractivity contribution < 1.29 is 4.79 Å². The Morgan fingerprint density at radius 2 is 1.62 bits per heavy atom. The summed E-state index contributed by atoms with van der Waals surface area (Å²) in [5, 5.41) is 4.07. The molecule has 5 nitrogen and oxygen atoms in total. The van der Waals surface area contributed by atoms with Crippen LogP contribution in [-0.4, -0.2) is 27.4 Å². The molecule has 1 amide bonds. The predicted molar refractivity (Wildman–Crippen MR) is 126 cm³/mol. The van der Waals surface area contributed by atoms with Gasteiger partial charge in [0.05, 0.1) is 22.5 Å². The highest BCUT2D eigenvalue weighted by atomic mass is 16.1. The number of carbonyl (C=O) groups is 1. The lowest BCUT2D eigenvalue weighted by atomic mass is 9.94. The summed E-state index contributed by atoms with van der Waals surface area (Å²) in [6.07, 6.45) is 4.46. The van der Waals surface area contributed by atoms with E-state index in [4.69, 9.17) is 0 Å². The summed E-state index contributed by atoms with van der Waals surface area (Å²) < 4.78 is 0. The second-order valence-corrected chi connectivity index (χ2v) is 7.95. The Labute approximate surface area is 185 Å². The zero-order valence-electron chi connectivity index (χ0n) is 17.3. The lowest BCUT2D eigenvalue weighted by Gasteiger charge is -2.14. The zero-order valence-corrected chi connectivity index (χ0v) is 17.3. The van der Waals surface area contributed by atoms with Gasteiger partial charge in [0.1, 0.15) is 0 Å². The van der Waals surface area contributed by atoms with E-state index in [1.165, 1.54) is 0 Å². The molecule has 5 aromatic rings. The molecule has 0 aliphatic carbocycles. The Bertz CT molecular complexity index is 1470. The maximum atomic E-state index is 12.8. The fourth-order valence-corrected chi connectivity index (χ4v) is 4.44. The number of nitrogens with one attached hydrogen (secondary N) is 2. The molecular weight excluding hydrogens is 396 g/mol. The van der Waals surface area contributed by atoms with E-state index in [2.05, 4.69) is 38.5 Å². The van der Waals surface area contributed by atoms with Crippen molar-refractivity contribution in [2.45, 2.75) is 6.42 Å². The van der Waals surface area contributed by atoms with Gasteiger partial charge in [0.25, 0.3) is 5.91 Å². The lowest BCUT2D eigenvalue weighted by Crippen LogP contribution is -2.31. The topological polar surface area (TPSA) is 70.7 Å². The maximum absolute atomic E-state index is 12.8. The molecule has 3 aromatic heterocycles. The van der Waals surface area contributed by atoms with Gasteiger partial charge in [0.15, 0.2) is 0 Å². The number of fused-ring (bicyclic) bond motifs is 2. The van der Waals surface area contributed by atoms with Gasteiger partial charge in [-0.3, -0.25) is 14.8 Å². The highest BCUT2D eigenvalue weighted by molar-refractivity contribution is 6.06. The Morgan fingerprint density at radius 3 is 2.53 bits per heavy atom. The van der Waals surface area contributed by atoms with Crippen molar-refractivity contribution in [3.63, 3.8) is 0 Å². The van der Waals surface area contributed by atoms with Crippen LogP contribution < -0.4 is 5.32 Å². The lowest BCUT2D eigenvalue weighted by molar-refractivity contribution is 0.0946. The van der Waals surface area contributed by atoms with Gasteiger partial charge in [0, 0.05) is 53.1 Å². The monoisotopic (exact) mass is 416 g/mol. The van der Waals surface area contributed by atoms with Gasteiger partial charge in [-0.05, 0) is 29.8 Å². The highest BCUT2D eigenvalue weighted by Crippen LogP contribution is 2.38. The largest absolute Gasteiger partial charge is 0.357 e. The molecule has 6 rings (SSSR count). The maximum Gasteiger partial charge on any atom is 0.253 e. The molecule has 32 heavy (non-hydrogen) atoms. The minimum Gasteiger partial charge on any atom is -0.357 e. The van der Waals surface area contributed by atoms with Crippen molar-refractivity contribution in [1.29, 1.82) is 0 Å². The number of amides is 1. The van der Waals surface area contributed by atoms with Crippen molar-refractivity contribution in [2.24, 2.45) is 0 Å². The first-order chi connectivity index (χ1) is 15.8. The molecule has 0 saturated heterocycles. The number of aromatic nitrogens is 3. The Hall–Kier alpha value is -4.25. The molecule has 0 atom stereocenters. The summed E-state index contributed by atoms with van der Waals surface area (Å²) in [5.41, 5.74) is 8.37. The standard InChI is InChI=1S/C27H20N4O/c32-27-25-22(11-13-29-27)31-26(24(25)17-6-2-1-3-7-17)19-10-12-28-23(15-19)20-14-18-8-4-5-9-21(18)30-16-20/h1-10,12,14-16,31H,11,13H2,(H,29,32). The summed E-state index contributed by atoms with van der Waals surface area (Å²) >= 11 is 0. The van der Waals surface area contributed by atoms with Gasteiger partial charge in [-0.1, -0.05) is 48.5 Å². The third-order valence-electron chi connectivity index (χ3n) is 5.96. The molecule has 5 heteroatoms. The van der Waals surface area contributed by atoms with Gasteiger partial charge >= 0.3 is 0 Å². The van der Waals surface area contributed by atoms with Crippen molar-refractivity contribution in [2.75, 3.05) is 6.54 Å². The predicted octanol–water partition coefficient (Wildman–Crippen LogP) is 5.24. The summed E-state index contributed by atoms with van der Waals surface area (Å²) in [6, 6.07) is 24.3. The number of para-hydroxylation sites is 1. The van der Waals surface area contributed by atoms with Gasteiger partial charge in [-0.15, -0.1) is 0 Å². The van der Waals surface area contributed by atoms with E-state index in [-0.39, 0.29) is 5.91 Å². The first-order valence-corrected chi connectivity index (χ1v) is 10.7. The van der Waals surface area contributed by atoms with Crippen LogP contribution in [0.15, 0.2) is 85.2 Å². The smallest absolute Gasteiger partial charge is 0.253 e. The van der Waals surface area contributed by atoms with Crippen LogP contribution in [0.2, 0.25) is 0 Å². The van der Waals surface area contributed by atoms with Gasteiger partial charge in [-0.2, -0.15) is 0 Å². The quantitative estimate of drug-likeness (QED) is 0.422. The summed E-state index contributed by atoms with van der Waals surface area (Å²) in [7, 11) is 0. The van der Waals surface area contributed by atoms with Gasteiger partial charge in [0.2, 0.25) is 0 Å². The number of pyridine rings is 2. The molecular formula is C27H20N4O. The molecule has 0 unspecified atom stereocenters. The van der Waals surface area contributed by atoms with E-state index in [1.54, 1.807) is 0 Å². The number of H-pyrrole nitrogens is 1. The van der Waals surface area contributed by atoms with Crippen LogP contribution in [0.1, 0.15) is 16.1 Å². The first-order valence-electron chi connectivity index (χ1n) is 10.7. The molecule has 2 aromatic carbocycles. The van der Waals surface area contributed by atoms with Crippen molar-refractivity contribution in [1.82, 2.24) is 20.3 Å². The van der Waals surface area contributed by atoms with E-state index < -0.39 is 0 Å². The number of benzene rings is 2. The second-order valence-electron chi connectivity index (χ2n) is 7.95. The van der Waals surface area contributed by atoms with E-state index in [9.17, 15) is 4.79 Å². The minimum absolute atomic E-state index is 0.0272. The second kappa shape index (κ2) is 7.46. The van der Waals surface area contributed by atoms with Crippen LogP contribution in [0.5, 0.6) is 0 Å². The SMILES string of the molecule is O=C1NCCc2[nH]c(-c3ccnc(-c4cnc5ccccc5c4)c3)c(-c3ccccc3)c21. The fourth-order valence-electron chi connectivity index (χ4n) is 4.44. The molecule has 1 aliphatic rings. The number of hydrogen-bond acceptors (Lipinski definition) is 3. The van der Waals surface area contributed by atoms with E-state index in [0.717, 1.165) is 62.2 Å². The van der Waals surface area contributed by atoms with Crippen molar-refractivity contribution in [3.05, 3.63) is 96.4 Å². The molecule has 0 spiro atoms. The van der Waals surface area contributed by atoms with Crippen molar-refractivity contribution >= 4 is 16.8 Å². The summed E-state index contributed by atoms with van der Waals surface area (Å²) in [5.74, 6) is -0.0272. The van der Waals surface area contributed by atoms with Crippen LogP contribution in [0.4, 0.5) is 0 Å². The molecule has 154 valence electrons. The number of aromatic amines is 1. The molecule has 4 heterocycles. The minimum atomic E-state index is -0.0272. The van der Waals surface area contributed by atoms with Crippen LogP contribution in [0.3, 0.4) is 0 Å². The molecule has 1 aliphatic heterocycles. The number of nitrogens with zero attached hydrogens (tertiary/aromatic N) is 2. The molecule has 0 radical (unpaired) electrons. The van der Waals surface area contributed by atoms with E-state index >= 15 is 0 Å². The molecule has 0 bridgehead atoms. The van der Waals surface area contributed by atoms with Crippen molar-refractivity contribution in [3.8, 4) is 33.6 Å². The zero-order chi connectivity index (χ0) is 21.5. The number of carbonyl (C=O) groups excluding carboxylic acids is 1. The van der Waals surface area contributed by atoms with Crippen LogP contribution >= 0.6 is 0 Å². The third-order valence-corrected chi connectivity index (χ3v) is 5.96. The fraction of sp³-hybridized carbons (Fsp3) is 0.0741. The number of rotatable bonds is 3. The third kappa shape index (κ3) is 3.06. The van der Waals surface area contributed by atoms with Crippen LogP contribution in [0, 0.1) is 0 Å². The average molecular weight is 416 g/mol. The Balaban J connectivity index is 1.53. The van der Waals surface area contributed by atoms with Gasteiger partial charge in [-0.25, -0.2) is 0 Å². The van der Waals surface area contributed by atoms with E-state index in [0.29, 0.717) is 6.54 Å². The van der Waals surface area contributed by atoms with Crippen LogP contribution in [-0.2, 0) is 6.42 Å². The number of hydrogen-bond donors (Lipinski definition) is 2. The first kappa shape index (κ1) is 18.5. The normalized spacial score (nSPS) is 13.1. The van der Waals surface area contributed by atoms with Crippen LogP contribution in [0.25, 0.3) is 44.5 Å². The van der Waals surface area contributed by atoms with E-state index in [1.807, 2.05) is 67.0 Å². The molecule has 2 N–H and O–H groups in total. The molecule has 0 fully saturated rings. The summed E-state index contributed by atoms with van der Waals surface area (Å²) in [6.45, 7) is 0.643. The molecule has 0 saturated carbocycles.